The largest absolute Gasteiger partial charge is 0.383 e. The number of nitrogens with one attached hydrogen (secondary N) is 1. The van der Waals surface area contributed by atoms with Crippen molar-refractivity contribution in [2.45, 2.75) is 18.6 Å². The van der Waals surface area contributed by atoms with Gasteiger partial charge in [-0.05, 0) is 7.05 Å². The third-order valence-electron chi connectivity index (χ3n) is 2.78. The molecule has 0 fully saturated rings. The van der Waals surface area contributed by atoms with Crippen LogP contribution in [0.4, 0.5) is 5.82 Å². The average molecular weight is 256 g/mol. The molecule has 0 saturated heterocycles. The first kappa shape index (κ1) is 12.3. The number of hydrogen-bond acceptors (Lipinski definition) is 6. The second-order valence-corrected chi connectivity index (χ2v) is 6.33. The highest BCUT2D eigenvalue weighted by Gasteiger charge is 2.25. The van der Waals surface area contributed by atoms with Crippen LogP contribution >= 0.6 is 0 Å². The van der Waals surface area contributed by atoms with Crippen LogP contribution in [0.5, 0.6) is 0 Å². The molecule has 0 spiro atoms. The summed E-state index contributed by atoms with van der Waals surface area (Å²) in [6.45, 7) is 0.774. The highest BCUT2D eigenvalue weighted by atomic mass is 32.2. The summed E-state index contributed by atoms with van der Waals surface area (Å²) in [5, 5.41) is 3.01. The van der Waals surface area contributed by atoms with E-state index in [4.69, 9.17) is 5.73 Å². The van der Waals surface area contributed by atoms with Crippen LogP contribution in [0.2, 0.25) is 0 Å². The maximum atomic E-state index is 11.5. The number of rotatable bonds is 3. The van der Waals surface area contributed by atoms with E-state index in [1.165, 1.54) is 0 Å². The van der Waals surface area contributed by atoms with Crippen molar-refractivity contribution in [1.82, 2.24) is 15.3 Å². The Morgan fingerprint density at radius 1 is 1.41 bits per heavy atom. The van der Waals surface area contributed by atoms with E-state index in [0.29, 0.717) is 30.0 Å². The van der Waals surface area contributed by atoms with Crippen molar-refractivity contribution in [2.75, 3.05) is 25.1 Å². The monoisotopic (exact) mass is 256 g/mol. The Bertz CT molecular complexity index is 527. The SMILES string of the molecule is CNCCc1nc(N)c2c(n1)CCS(=O)(=O)C2. The van der Waals surface area contributed by atoms with Gasteiger partial charge < -0.3 is 11.1 Å². The third-order valence-corrected chi connectivity index (χ3v) is 4.34. The molecule has 17 heavy (non-hydrogen) atoms. The first-order chi connectivity index (χ1) is 8.02. The fourth-order valence-corrected chi connectivity index (χ4v) is 3.26. The van der Waals surface area contributed by atoms with E-state index < -0.39 is 9.84 Å². The van der Waals surface area contributed by atoms with Gasteiger partial charge in [0.05, 0.1) is 17.2 Å². The molecule has 1 aromatic heterocycles. The first-order valence-corrected chi connectivity index (χ1v) is 7.33. The van der Waals surface area contributed by atoms with Gasteiger partial charge in [0.2, 0.25) is 0 Å². The maximum absolute atomic E-state index is 11.5. The van der Waals surface area contributed by atoms with Gasteiger partial charge in [0.1, 0.15) is 11.6 Å². The lowest BCUT2D eigenvalue weighted by atomic mass is 10.2. The van der Waals surface area contributed by atoms with Crippen molar-refractivity contribution in [1.29, 1.82) is 0 Å². The van der Waals surface area contributed by atoms with Crippen LogP contribution in [0.25, 0.3) is 0 Å². The van der Waals surface area contributed by atoms with Gasteiger partial charge in [-0.3, -0.25) is 0 Å². The number of sulfone groups is 1. The van der Waals surface area contributed by atoms with Crippen molar-refractivity contribution < 1.29 is 8.42 Å². The zero-order valence-electron chi connectivity index (χ0n) is 9.73. The number of aryl methyl sites for hydroxylation is 1. The molecule has 0 aromatic carbocycles. The molecule has 1 aliphatic heterocycles. The number of nitrogen functional groups attached to an aromatic ring is 1. The fraction of sp³-hybridized carbons (Fsp3) is 0.600. The Morgan fingerprint density at radius 2 is 2.18 bits per heavy atom. The zero-order chi connectivity index (χ0) is 12.5. The summed E-state index contributed by atoms with van der Waals surface area (Å²) in [5.74, 6) is 1.11. The number of nitrogens with zero attached hydrogens (tertiary/aromatic N) is 2. The molecule has 0 saturated carbocycles. The Labute approximate surface area is 101 Å². The van der Waals surface area contributed by atoms with E-state index in [2.05, 4.69) is 15.3 Å². The lowest BCUT2D eigenvalue weighted by Gasteiger charge is -2.17. The maximum Gasteiger partial charge on any atom is 0.155 e. The minimum Gasteiger partial charge on any atom is -0.383 e. The molecule has 1 aliphatic rings. The zero-order valence-corrected chi connectivity index (χ0v) is 10.5. The summed E-state index contributed by atoms with van der Waals surface area (Å²) >= 11 is 0. The number of nitrogens with two attached hydrogens (primary N) is 1. The smallest absolute Gasteiger partial charge is 0.155 e. The molecule has 6 nitrogen and oxygen atoms in total. The van der Waals surface area contributed by atoms with Crippen LogP contribution in [-0.2, 0) is 28.4 Å². The van der Waals surface area contributed by atoms with Crippen LogP contribution in [0.3, 0.4) is 0 Å². The predicted octanol–water partition coefficient (Wildman–Crippen LogP) is -0.708. The lowest BCUT2D eigenvalue weighted by molar-refractivity contribution is 0.590. The van der Waals surface area contributed by atoms with Crippen molar-refractivity contribution in [2.24, 2.45) is 0 Å². The van der Waals surface area contributed by atoms with E-state index in [-0.39, 0.29) is 11.5 Å². The predicted molar refractivity (Wildman–Crippen MR) is 65.3 cm³/mol. The van der Waals surface area contributed by atoms with Crippen LogP contribution in [0, 0.1) is 0 Å². The molecule has 0 amide bonds. The second-order valence-electron chi connectivity index (χ2n) is 4.15. The number of anilines is 1. The molecule has 0 unspecified atom stereocenters. The van der Waals surface area contributed by atoms with Crippen LogP contribution < -0.4 is 11.1 Å². The Balaban J connectivity index is 2.33. The van der Waals surface area contributed by atoms with Crippen LogP contribution in [0.1, 0.15) is 17.1 Å². The highest BCUT2D eigenvalue weighted by molar-refractivity contribution is 7.90. The molecule has 3 N–H and O–H groups in total. The summed E-state index contributed by atoms with van der Waals surface area (Å²) in [6, 6.07) is 0. The van der Waals surface area contributed by atoms with Gasteiger partial charge in [-0.1, -0.05) is 0 Å². The molecule has 7 heteroatoms. The van der Waals surface area contributed by atoms with Crippen molar-refractivity contribution >= 4 is 15.7 Å². The molecular formula is C10H16N4O2S. The molecule has 0 aliphatic carbocycles. The topological polar surface area (TPSA) is 98.0 Å². The molecule has 94 valence electrons. The summed E-state index contributed by atoms with van der Waals surface area (Å²) in [6.07, 6.45) is 1.14. The first-order valence-electron chi connectivity index (χ1n) is 5.51. The van der Waals surface area contributed by atoms with Crippen molar-refractivity contribution in [3.63, 3.8) is 0 Å². The molecule has 0 radical (unpaired) electrons. The van der Waals surface area contributed by atoms with Gasteiger partial charge in [-0.15, -0.1) is 0 Å². The molecule has 2 heterocycles. The molecule has 2 rings (SSSR count). The lowest BCUT2D eigenvalue weighted by Crippen LogP contribution is -2.23. The summed E-state index contributed by atoms with van der Waals surface area (Å²) in [4.78, 5) is 8.53. The second kappa shape index (κ2) is 4.58. The Hall–Kier alpha value is -1.21. The number of fused-ring (bicyclic) bond motifs is 1. The Morgan fingerprint density at radius 3 is 2.88 bits per heavy atom. The van der Waals surface area contributed by atoms with Gasteiger partial charge in [-0.2, -0.15) is 0 Å². The molecule has 1 aromatic rings. The molecular weight excluding hydrogens is 240 g/mol. The van der Waals surface area contributed by atoms with Gasteiger partial charge >= 0.3 is 0 Å². The van der Waals surface area contributed by atoms with Gasteiger partial charge in [0.25, 0.3) is 0 Å². The Kier molecular flexibility index (Phi) is 3.30. The van der Waals surface area contributed by atoms with Gasteiger partial charge in [0, 0.05) is 24.9 Å². The number of likely N-dealkylation sites (N-methyl/N-ethyl adjacent to an activating group) is 1. The summed E-state index contributed by atoms with van der Waals surface area (Å²) in [5.41, 5.74) is 7.18. The minimum atomic E-state index is -3.02. The van der Waals surface area contributed by atoms with E-state index in [1.807, 2.05) is 7.05 Å². The van der Waals surface area contributed by atoms with Gasteiger partial charge in [-0.25, -0.2) is 18.4 Å². The number of hydrogen-bond donors (Lipinski definition) is 2. The van der Waals surface area contributed by atoms with E-state index >= 15 is 0 Å². The highest BCUT2D eigenvalue weighted by Crippen LogP contribution is 2.23. The fourth-order valence-electron chi connectivity index (χ4n) is 1.86. The van der Waals surface area contributed by atoms with Crippen molar-refractivity contribution in [3.05, 3.63) is 17.1 Å². The van der Waals surface area contributed by atoms with E-state index in [1.54, 1.807) is 0 Å². The third kappa shape index (κ3) is 2.73. The van der Waals surface area contributed by atoms with E-state index in [9.17, 15) is 8.42 Å². The summed E-state index contributed by atoms with van der Waals surface area (Å²) in [7, 11) is -1.17. The standard InChI is InChI=1S/C10H16N4O2S/c1-12-4-2-9-13-8-3-5-17(15,16)6-7(8)10(11)14-9/h12H,2-6H2,1H3,(H2,11,13,14). The average Bonchev–Trinajstić information content (AvgIpc) is 2.27. The summed E-state index contributed by atoms with van der Waals surface area (Å²) < 4.78 is 23.0. The quantitative estimate of drug-likeness (QED) is 0.741. The minimum absolute atomic E-state index is 0.0273. The number of aromatic nitrogens is 2. The van der Waals surface area contributed by atoms with Crippen molar-refractivity contribution in [3.8, 4) is 0 Å². The van der Waals surface area contributed by atoms with Crippen LogP contribution in [0.15, 0.2) is 0 Å². The molecule has 0 atom stereocenters. The van der Waals surface area contributed by atoms with Crippen LogP contribution in [-0.4, -0.2) is 37.7 Å². The normalized spacial score (nSPS) is 17.7. The van der Waals surface area contributed by atoms with Gasteiger partial charge in [0.15, 0.2) is 9.84 Å². The van der Waals surface area contributed by atoms with E-state index in [0.717, 1.165) is 12.2 Å². The molecule has 0 bridgehead atoms.